The highest BCUT2D eigenvalue weighted by Crippen LogP contribution is 2.73. The lowest BCUT2D eigenvalue weighted by Crippen LogP contribution is -2.61. The molecule has 9 atom stereocenters. The van der Waals surface area contributed by atoms with E-state index in [4.69, 9.17) is 18.9 Å². The highest BCUT2D eigenvalue weighted by atomic mass is 16.7. The number of hydrogen-bond donors (Lipinski definition) is 1. The summed E-state index contributed by atoms with van der Waals surface area (Å²) in [4.78, 5) is 14.8. The minimum Gasteiger partial charge on any atom is -0.492 e. The van der Waals surface area contributed by atoms with Crippen molar-refractivity contribution in [2.24, 2.45) is 17.8 Å². The average Bonchev–Trinajstić information content (AvgIpc) is 3.40. The van der Waals surface area contributed by atoms with Gasteiger partial charge in [-0.1, -0.05) is 13.8 Å². The van der Waals surface area contributed by atoms with Gasteiger partial charge in [-0.2, -0.15) is 0 Å². The SMILES string of the molecule is CCC(O)C[C@]12[C@@H]3C[C@H]4[C@H]5[C@H](C)/C(=C6/OC(=O)C(C)=C6OC)O[C@]5(O3)[C@@H]1CCN42. The Hall–Kier alpha value is -1.57. The Morgan fingerprint density at radius 1 is 1.41 bits per heavy atom. The number of fused-ring (bicyclic) bond motifs is 1. The van der Waals surface area contributed by atoms with Crippen molar-refractivity contribution >= 4 is 5.97 Å². The maximum Gasteiger partial charge on any atom is 0.343 e. The van der Waals surface area contributed by atoms with E-state index in [9.17, 15) is 9.90 Å². The van der Waals surface area contributed by atoms with E-state index in [0.29, 0.717) is 28.9 Å². The molecule has 5 bridgehead atoms. The van der Waals surface area contributed by atoms with E-state index in [1.165, 1.54) is 0 Å². The van der Waals surface area contributed by atoms with Crippen LogP contribution in [0.5, 0.6) is 0 Å². The molecule has 7 heteroatoms. The molecule has 0 saturated carbocycles. The van der Waals surface area contributed by atoms with E-state index >= 15 is 0 Å². The zero-order valence-corrected chi connectivity index (χ0v) is 17.4. The van der Waals surface area contributed by atoms with Crippen molar-refractivity contribution in [3.8, 4) is 0 Å². The topological polar surface area (TPSA) is 77.5 Å². The normalized spacial score (nSPS) is 52.2. The number of aliphatic hydroxyl groups is 1. The third-order valence-corrected chi connectivity index (χ3v) is 8.63. The van der Waals surface area contributed by atoms with Crippen LogP contribution in [0, 0.1) is 17.8 Å². The highest BCUT2D eigenvalue weighted by molar-refractivity contribution is 5.93. The molecule has 1 N–H and O–H groups in total. The van der Waals surface area contributed by atoms with Gasteiger partial charge >= 0.3 is 5.97 Å². The predicted octanol–water partition coefficient (Wildman–Crippen LogP) is 2.06. The van der Waals surface area contributed by atoms with Crippen LogP contribution in [-0.2, 0) is 23.7 Å². The molecule has 29 heavy (non-hydrogen) atoms. The number of nitrogens with zero attached hydrogens (tertiary/aromatic N) is 1. The molecule has 2 unspecified atom stereocenters. The standard InChI is InChI=1S/C22H29NO6/c1-5-12(24)9-21-14-6-7-23(21)13-8-15(21)28-22(14)16(13)10(2)18(29-22)19-17(26-4)11(3)20(25)27-19/h10,12-16,24H,5-9H2,1-4H3/b19-18-/t10-,12?,13-,14+,15-,16+,21+,22+/m0/s1. The van der Waals surface area contributed by atoms with E-state index in [1.807, 2.05) is 6.92 Å². The number of carbonyl (C=O) groups is 1. The summed E-state index contributed by atoms with van der Waals surface area (Å²) < 4.78 is 24.5. The fourth-order valence-electron chi connectivity index (χ4n) is 7.61. The number of cyclic esters (lactones) is 1. The summed E-state index contributed by atoms with van der Waals surface area (Å²) in [6, 6.07) is 0.373. The van der Waals surface area contributed by atoms with Crippen LogP contribution in [0.4, 0.5) is 0 Å². The Kier molecular flexibility index (Phi) is 3.49. The maximum atomic E-state index is 12.2. The molecular formula is C22H29NO6. The molecule has 0 aromatic heterocycles. The highest BCUT2D eigenvalue weighted by Gasteiger charge is 2.84. The van der Waals surface area contributed by atoms with Crippen molar-refractivity contribution in [3.63, 3.8) is 0 Å². The maximum absolute atomic E-state index is 12.2. The molecule has 0 aromatic carbocycles. The van der Waals surface area contributed by atoms with Gasteiger partial charge in [-0.15, -0.1) is 0 Å². The molecule has 0 radical (unpaired) electrons. The Balaban J connectivity index is 1.46. The fraction of sp³-hybridized carbons (Fsp3) is 0.773. The first-order valence-electron chi connectivity index (χ1n) is 10.9. The Bertz CT molecular complexity index is 865. The summed E-state index contributed by atoms with van der Waals surface area (Å²) in [6.07, 6.45) is 3.26. The number of carbonyl (C=O) groups excluding carboxylic acids is 1. The molecule has 1 spiro atoms. The van der Waals surface area contributed by atoms with Gasteiger partial charge in [0.25, 0.3) is 0 Å². The van der Waals surface area contributed by atoms with Crippen molar-refractivity contribution < 1.29 is 28.8 Å². The number of rotatable bonds is 4. The minimum atomic E-state index is -0.683. The van der Waals surface area contributed by atoms with Crippen LogP contribution in [-0.4, -0.2) is 59.2 Å². The Morgan fingerprint density at radius 3 is 2.93 bits per heavy atom. The largest absolute Gasteiger partial charge is 0.492 e. The van der Waals surface area contributed by atoms with Crippen LogP contribution in [0.1, 0.15) is 46.5 Å². The number of hydrogen-bond acceptors (Lipinski definition) is 7. The van der Waals surface area contributed by atoms with Gasteiger partial charge in [0, 0.05) is 17.9 Å². The third kappa shape index (κ3) is 1.85. The number of aliphatic hydroxyl groups excluding tert-OH is 1. The molecule has 158 valence electrons. The van der Waals surface area contributed by atoms with E-state index in [0.717, 1.165) is 32.2 Å². The summed E-state index contributed by atoms with van der Waals surface area (Å²) in [5, 5.41) is 10.6. The predicted molar refractivity (Wildman–Crippen MR) is 101 cm³/mol. The molecule has 5 fully saturated rings. The van der Waals surface area contributed by atoms with E-state index in [-0.39, 0.29) is 41.5 Å². The van der Waals surface area contributed by atoms with Gasteiger partial charge in [0.1, 0.15) is 5.76 Å². The van der Waals surface area contributed by atoms with Crippen molar-refractivity contribution in [2.75, 3.05) is 13.7 Å². The van der Waals surface area contributed by atoms with Gasteiger partial charge in [-0.05, 0) is 39.2 Å². The number of piperidine rings is 1. The van der Waals surface area contributed by atoms with Crippen LogP contribution in [0.3, 0.4) is 0 Å². The molecule has 0 aromatic rings. The van der Waals surface area contributed by atoms with Crippen molar-refractivity contribution in [2.45, 2.75) is 76.0 Å². The second-order valence-corrected chi connectivity index (χ2v) is 9.58. The second-order valence-electron chi connectivity index (χ2n) is 9.58. The quantitative estimate of drug-likeness (QED) is 0.720. The number of ether oxygens (including phenoxy) is 4. The van der Waals surface area contributed by atoms with Crippen molar-refractivity contribution in [1.82, 2.24) is 4.90 Å². The molecule has 0 aliphatic carbocycles. The summed E-state index contributed by atoms with van der Waals surface area (Å²) in [6.45, 7) is 6.95. The summed E-state index contributed by atoms with van der Waals surface area (Å²) >= 11 is 0. The third-order valence-electron chi connectivity index (χ3n) is 8.63. The van der Waals surface area contributed by atoms with Gasteiger partial charge < -0.3 is 24.1 Å². The van der Waals surface area contributed by atoms with E-state index in [1.54, 1.807) is 14.0 Å². The van der Waals surface area contributed by atoms with Gasteiger partial charge in [0.05, 0.1) is 36.3 Å². The van der Waals surface area contributed by atoms with E-state index in [2.05, 4.69) is 11.8 Å². The van der Waals surface area contributed by atoms with Crippen molar-refractivity contribution in [3.05, 3.63) is 22.9 Å². The second kappa shape index (κ2) is 5.56. The number of allylic oxidation sites excluding steroid dienone is 1. The minimum absolute atomic E-state index is 0.0649. The molecule has 0 amide bonds. The summed E-state index contributed by atoms with van der Waals surface area (Å²) in [5.41, 5.74) is 0.346. The summed E-state index contributed by atoms with van der Waals surface area (Å²) in [7, 11) is 1.56. The van der Waals surface area contributed by atoms with E-state index < -0.39 is 5.79 Å². The first kappa shape index (κ1) is 18.2. The molecule has 6 heterocycles. The lowest BCUT2D eigenvalue weighted by Gasteiger charge is -2.48. The zero-order valence-electron chi connectivity index (χ0n) is 17.4. The molecule has 6 aliphatic rings. The average molecular weight is 403 g/mol. The number of methoxy groups -OCH3 is 1. The summed E-state index contributed by atoms with van der Waals surface area (Å²) in [5.74, 6) is 0.990. The first-order valence-corrected chi connectivity index (χ1v) is 10.9. The lowest BCUT2D eigenvalue weighted by molar-refractivity contribution is -0.256. The zero-order chi connectivity index (χ0) is 20.3. The van der Waals surface area contributed by atoms with Crippen molar-refractivity contribution in [1.29, 1.82) is 0 Å². The van der Waals surface area contributed by atoms with Crippen LogP contribution < -0.4 is 0 Å². The lowest BCUT2D eigenvalue weighted by atomic mass is 9.69. The van der Waals surface area contributed by atoms with Gasteiger partial charge in [-0.3, -0.25) is 4.90 Å². The Labute approximate surface area is 170 Å². The molecule has 6 aliphatic heterocycles. The van der Waals surface area contributed by atoms with Gasteiger partial charge in [-0.25, -0.2) is 4.79 Å². The fourth-order valence-corrected chi connectivity index (χ4v) is 7.61. The van der Waals surface area contributed by atoms with Crippen LogP contribution in [0.25, 0.3) is 0 Å². The Morgan fingerprint density at radius 2 is 2.21 bits per heavy atom. The first-order chi connectivity index (χ1) is 13.9. The van der Waals surface area contributed by atoms with Crippen LogP contribution >= 0.6 is 0 Å². The van der Waals surface area contributed by atoms with Crippen LogP contribution in [0.15, 0.2) is 22.9 Å². The van der Waals surface area contributed by atoms with Gasteiger partial charge in [0.2, 0.25) is 11.5 Å². The smallest absolute Gasteiger partial charge is 0.343 e. The monoisotopic (exact) mass is 403 g/mol. The molecule has 5 saturated heterocycles. The molecule has 6 rings (SSSR count). The molecule has 7 nitrogen and oxygen atoms in total. The van der Waals surface area contributed by atoms with Crippen LogP contribution in [0.2, 0.25) is 0 Å². The van der Waals surface area contributed by atoms with Gasteiger partial charge in [0.15, 0.2) is 5.76 Å². The molecular weight excluding hydrogens is 374 g/mol. The number of esters is 1.